The molecule has 0 saturated heterocycles. The van der Waals surface area contributed by atoms with Crippen LogP contribution in [0.25, 0.3) is 0 Å². The van der Waals surface area contributed by atoms with Gasteiger partial charge in [0.2, 0.25) is 0 Å². The third-order valence-electron chi connectivity index (χ3n) is 3.58. The van der Waals surface area contributed by atoms with E-state index in [-0.39, 0.29) is 5.75 Å². The Morgan fingerprint density at radius 1 is 0.571 bits per heavy atom. The minimum atomic E-state index is -4.07. The van der Waals surface area contributed by atoms with Gasteiger partial charge in [0.1, 0.15) is 28.7 Å². The summed E-state index contributed by atoms with van der Waals surface area (Å²) in [5.41, 5.74) is 0. The van der Waals surface area contributed by atoms with Gasteiger partial charge >= 0.3 is 7.82 Å². The van der Waals surface area contributed by atoms with Crippen molar-refractivity contribution >= 4 is 19.4 Å². The van der Waals surface area contributed by atoms with Crippen LogP contribution in [0.1, 0.15) is 0 Å². The number of hydrogen-bond acceptors (Lipinski definition) is 6. The van der Waals surface area contributed by atoms with Gasteiger partial charge in [-0.25, -0.2) is 0 Å². The number of phosphoric ester groups is 1. The molecule has 0 unspecified atom stereocenters. The molecule has 0 aromatic heterocycles. The van der Waals surface area contributed by atoms with Gasteiger partial charge in [0, 0.05) is 5.02 Å². The van der Waals surface area contributed by atoms with E-state index in [1.165, 1.54) is 0 Å². The van der Waals surface area contributed by atoms with Crippen LogP contribution >= 0.6 is 19.4 Å². The molecule has 0 saturated carbocycles. The predicted octanol–water partition coefficient (Wildman–Crippen LogP) is 6.00. The van der Waals surface area contributed by atoms with E-state index in [1.54, 1.807) is 87.0 Å². The minimum absolute atomic E-state index is 0.287. The first kappa shape index (κ1) is 19.9. The van der Waals surface area contributed by atoms with Crippen LogP contribution in [-0.4, -0.2) is 14.2 Å². The molecule has 0 radical (unpaired) electrons. The Balaban J connectivity index is 1.86. The number of hydrogen-bond donors (Lipinski definition) is 0. The Hall–Kier alpha value is -2.82. The minimum Gasteiger partial charge on any atom is -0.497 e. The second-order valence-electron chi connectivity index (χ2n) is 5.53. The Kier molecular flexibility index (Phi) is 6.34. The molecule has 0 spiro atoms. The van der Waals surface area contributed by atoms with Crippen molar-refractivity contribution in [3.8, 4) is 28.7 Å². The zero-order valence-corrected chi connectivity index (χ0v) is 16.9. The number of methoxy groups -OCH3 is 2. The molecule has 3 rings (SSSR count). The third-order valence-corrected chi connectivity index (χ3v) is 5.14. The lowest BCUT2D eigenvalue weighted by molar-refractivity contribution is 0.298. The summed E-state index contributed by atoms with van der Waals surface area (Å²) in [6, 6.07) is 19.5. The molecule has 3 aromatic rings. The molecular weight excluding hydrogens is 403 g/mol. The standard InChI is InChI=1S/C20H18ClO6P/c1-23-16-7-11-19(12-8-16)26-28(22,25-18-5-3-15(21)4-6-18)27-20-13-9-17(24-2)10-14-20/h3-14H,1-2H3. The molecule has 0 atom stereocenters. The number of rotatable bonds is 8. The van der Waals surface area contributed by atoms with Gasteiger partial charge in [-0.1, -0.05) is 11.6 Å². The van der Waals surface area contributed by atoms with E-state index in [1.807, 2.05) is 0 Å². The normalized spacial score (nSPS) is 10.8. The molecule has 0 N–H and O–H groups in total. The molecule has 0 amide bonds. The molecule has 0 fully saturated rings. The van der Waals surface area contributed by atoms with Crippen LogP contribution in [0.15, 0.2) is 72.8 Å². The van der Waals surface area contributed by atoms with Crippen LogP contribution in [-0.2, 0) is 4.57 Å². The summed E-state index contributed by atoms with van der Waals surface area (Å²) >= 11 is 5.89. The monoisotopic (exact) mass is 420 g/mol. The summed E-state index contributed by atoms with van der Waals surface area (Å²) in [4.78, 5) is 0. The lowest BCUT2D eigenvalue weighted by Crippen LogP contribution is -2.07. The number of benzene rings is 3. The maximum absolute atomic E-state index is 13.4. The number of halogens is 1. The molecule has 146 valence electrons. The molecule has 0 aliphatic carbocycles. The second kappa shape index (κ2) is 8.91. The highest BCUT2D eigenvalue weighted by molar-refractivity contribution is 7.49. The fourth-order valence-corrected chi connectivity index (χ4v) is 3.59. The van der Waals surface area contributed by atoms with E-state index >= 15 is 0 Å². The molecule has 6 nitrogen and oxygen atoms in total. The highest BCUT2D eigenvalue weighted by Crippen LogP contribution is 2.50. The Morgan fingerprint density at radius 3 is 1.18 bits per heavy atom. The van der Waals surface area contributed by atoms with Crippen molar-refractivity contribution in [2.24, 2.45) is 0 Å². The zero-order chi connectivity index (χ0) is 20.0. The first-order valence-corrected chi connectivity index (χ1v) is 10.1. The van der Waals surface area contributed by atoms with Crippen LogP contribution in [0.5, 0.6) is 28.7 Å². The third kappa shape index (κ3) is 5.35. The van der Waals surface area contributed by atoms with Crippen molar-refractivity contribution < 1.29 is 27.6 Å². The van der Waals surface area contributed by atoms with Gasteiger partial charge in [0.15, 0.2) is 0 Å². The summed E-state index contributed by atoms with van der Waals surface area (Å²) in [6.07, 6.45) is 0. The van der Waals surface area contributed by atoms with Gasteiger partial charge in [-0.15, -0.1) is 0 Å². The molecule has 0 heterocycles. The van der Waals surface area contributed by atoms with Gasteiger partial charge in [0.25, 0.3) is 0 Å². The van der Waals surface area contributed by atoms with E-state index in [2.05, 4.69) is 0 Å². The molecule has 0 aliphatic heterocycles. The van der Waals surface area contributed by atoms with Crippen molar-refractivity contribution in [3.05, 3.63) is 77.8 Å². The van der Waals surface area contributed by atoms with Gasteiger partial charge < -0.3 is 23.0 Å². The van der Waals surface area contributed by atoms with Crippen molar-refractivity contribution in [2.45, 2.75) is 0 Å². The Bertz CT molecular complexity index is 888. The molecule has 8 heteroatoms. The number of ether oxygens (including phenoxy) is 2. The predicted molar refractivity (Wildman–Crippen MR) is 107 cm³/mol. The van der Waals surface area contributed by atoms with E-state index in [0.717, 1.165) is 0 Å². The van der Waals surface area contributed by atoms with Crippen molar-refractivity contribution in [2.75, 3.05) is 14.2 Å². The summed E-state index contributed by atoms with van der Waals surface area (Å²) in [7, 11) is -0.966. The summed E-state index contributed by atoms with van der Waals surface area (Å²) in [5.74, 6) is 2.15. The summed E-state index contributed by atoms with van der Waals surface area (Å²) in [5, 5.41) is 0.523. The fraction of sp³-hybridized carbons (Fsp3) is 0.100. The van der Waals surface area contributed by atoms with Gasteiger partial charge in [-0.05, 0) is 72.8 Å². The SMILES string of the molecule is COc1ccc(OP(=O)(Oc2ccc(Cl)cc2)Oc2ccc(OC)cc2)cc1. The maximum atomic E-state index is 13.4. The molecule has 0 aliphatic rings. The highest BCUT2D eigenvalue weighted by Gasteiger charge is 2.33. The first-order chi connectivity index (χ1) is 13.5. The summed E-state index contributed by atoms with van der Waals surface area (Å²) in [6.45, 7) is 0. The highest BCUT2D eigenvalue weighted by atomic mass is 35.5. The quantitative estimate of drug-likeness (QED) is 0.416. The van der Waals surface area contributed by atoms with E-state index < -0.39 is 7.82 Å². The van der Waals surface area contributed by atoms with Crippen LogP contribution in [0, 0.1) is 0 Å². The van der Waals surface area contributed by atoms with Crippen LogP contribution in [0.4, 0.5) is 0 Å². The van der Waals surface area contributed by atoms with Gasteiger partial charge in [-0.2, -0.15) is 4.57 Å². The van der Waals surface area contributed by atoms with E-state index in [0.29, 0.717) is 28.0 Å². The topological polar surface area (TPSA) is 63.2 Å². The smallest absolute Gasteiger partial charge is 0.497 e. The van der Waals surface area contributed by atoms with E-state index in [9.17, 15) is 4.57 Å². The maximum Gasteiger partial charge on any atom is 0.647 e. The Labute approximate surface area is 168 Å². The Morgan fingerprint density at radius 2 is 0.857 bits per heavy atom. The lowest BCUT2D eigenvalue weighted by atomic mass is 10.3. The van der Waals surface area contributed by atoms with Crippen molar-refractivity contribution in [3.63, 3.8) is 0 Å². The molecular formula is C20H18ClO6P. The van der Waals surface area contributed by atoms with Crippen LogP contribution in [0.3, 0.4) is 0 Å². The van der Waals surface area contributed by atoms with Crippen molar-refractivity contribution in [1.29, 1.82) is 0 Å². The second-order valence-corrected chi connectivity index (χ2v) is 7.40. The van der Waals surface area contributed by atoms with Crippen LogP contribution in [0.2, 0.25) is 5.02 Å². The largest absolute Gasteiger partial charge is 0.647 e. The van der Waals surface area contributed by atoms with E-state index in [4.69, 9.17) is 34.6 Å². The average Bonchev–Trinajstić information content (AvgIpc) is 2.71. The molecule has 0 bridgehead atoms. The van der Waals surface area contributed by atoms with Gasteiger partial charge in [0.05, 0.1) is 14.2 Å². The van der Waals surface area contributed by atoms with Crippen molar-refractivity contribution in [1.82, 2.24) is 0 Å². The van der Waals surface area contributed by atoms with Crippen LogP contribution < -0.4 is 23.0 Å². The lowest BCUT2D eigenvalue weighted by Gasteiger charge is -2.19. The zero-order valence-electron chi connectivity index (χ0n) is 15.2. The van der Waals surface area contributed by atoms with Gasteiger partial charge in [-0.3, -0.25) is 0 Å². The molecule has 3 aromatic carbocycles. The molecule has 28 heavy (non-hydrogen) atoms. The number of phosphoric acid groups is 1. The summed E-state index contributed by atoms with van der Waals surface area (Å²) < 4.78 is 40.3. The first-order valence-electron chi connectivity index (χ1n) is 8.22. The average molecular weight is 421 g/mol. The fourth-order valence-electron chi connectivity index (χ4n) is 2.21.